The molecule has 1 unspecified atom stereocenters. The summed E-state index contributed by atoms with van der Waals surface area (Å²) in [6, 6.07) is 13.4. The highest BCUT2D eigenvalue weighted by atomic mass is 35.5. The highest BCUT2D eigenvalue weighted by Crippen LogP contribution is 2.37. The van der Waals surface area contributed by atoms with Crippen LogP contribution in [0.25, 0.3) is 16.5 Å². The second-order valence-corrected chi connectivity index (χ2v) is 8.69. The molecule has 1 atom stereocenters. The van der Waals surface area contributed by atoms with Gasteiger partial charge in [0.1, 0.15) is 17.2 Å². The van der Waals surface area contributed by atoms with Crippen LogP contribution in [0.1, 0.15) is 25.0 Å². The van der Waals surface area contributed by atoms with E-state index in [4.69, 9.17) is 26.4 Å². The third-order valence-corrected chi connectivity index (χ3v) is 6.25. The molecule has 2 aromatic carbocycles. The van der Waals surface area contributed by atoms with Gasteiger partial charge in [0, 0.05) is 47.2 Å². The molecule has 3 aromatic rings. The lowest BCUT2D eigenvalue weighted by atomic mass is 9.96. The topological polar surface area (TPSA) is 96.8 Å². The first-order chi connectivity index (χ1) is 16.4. The number of allylic oxidation sites excluding steroid dienone is 1. The predicted octanol–water partition coefficient (Wildman–Crippen LogP) is 3.95. The van der Waals surface area contributed by atoms with Crippen molar-refractivity contribution < 1.29 is 14.8 Å². The van der Waals surface area contributed by atoms with E-state index in [0.717, 1.165) is 33.4 Å². The van der Waals surface area contributed by atoms with E-state index in [9.17, 15) is 4.79 Å². The number of aromatic nitrogens is 1. The number of halogens is 1. The molecule has 0 bridgehead atoms. The number of pyridine rings is 1. The summed E-state index contributed by atoms with van der Waals surface area (Å²) in [5, 5.41) is 13.6. The van der Waals surface area contributed by atoms with Crippen molar-refractivity contribution in [2.24, 2.45) is 0 Å². The summed E-state index contributed by atoms with van der Waals surface area (Å²) in [6.45, 7) is 5.13. The molecule has 4 N–H and O–H groups in total. The zero-order valence-electron chi connectivity index (χ0n) is 19.4. The quantitative estimate of drug-likeness (QED) is 0.270. The van der Waals surface area contributed by atoms with Crippen LogP contribution in [0.4, 0.5) is 5.69 Å². The van der Waals surface area contributed by atoms with E-state index in [2.05, 4.69) is 16.3 Å². The van der Waals surface area contributed by atoms with Crippen molar-refractivity contribution >= 4 is 33.8 Å². The van der Waals surface area contributed by atoms with Crippen LogP contribution in [0.3, 0.4) is 0 Å². The van der Waals surface area contributed by atoms with Gasteiger partial charge in [-0.2, -0.15) is 0 Å². The molecular weight excluding hydrogens is 456 g/mol. The van der Waals surface area contributed by atoms with Gasteiger partial charge in [-0.1, -0.05) is 23.7 Å². The van der Waals surface area contributed by atoms with E-state index >= 15 is 0 Å². The predicted molar refractivity (Wildman–Crippen MR) is 134 cm³/mol. The number of nitrogens with one attached hydrogen (secondary N) is 3. The Labute approximate surface area is 203 Å². The van der Waals surface area contributed by atoms with Crippen LogP contribution in [-0.2, 0) is 17.8 Å². The smallest absolute Gasteiger partial charge is 0.274 e. The van der Waals surface area contributed by atoms with Gasteiger partial charge in [-0.15, -0.1) is 5.48 Å². The van der Waals surface area contributed by atoms with Crippen LogP contribution in [0.15, 0.2) is 53.0 Å². The first-order valence-electron chi connectivity index (χ1n) is 11.2. The Kier molecular flexibility index (Phi) is 7.43. The molecule has 34 heavy (non-hydrogen) atoms. The number of aryl methyl sites for hydroxylation is 2. The molecular formula is C25H29ClN4O4. The average molecular weight is 485 g/mol. The molecule has 1 aromatic heterocycles. The summed E-state index contributed by atoms with van der Waals surface area (Å²) in [7, 11) is 1.63. The largest absolute Gasteiger partial charge is 0.496 e. The number of benzene rings is 2. The first-order valence-corrected chi connectivity index (χ1v) is 11.5. The Balaban J connectivity index is 1.83. The van der Waals surface area contributed by atoms with Gasteiger partial charge in [-0.05, 0) is 50.1 Å². The zero-order chi connectivity index (χ0) is 24.2. The first kappa shape index (κ1) is 24.1. The van der Waals surface area contributed by atoms with Crippen molar-refractivity contribution in [1.29, 1.82) is 0 Å². The maximum atomic E-state index is 13.4. The van der Waals surface area contributed by atoms with Gasteiger partial charge in [0.25, 0.3) is 5.56 Å². The van der Waals surface area contributed by atoms with E-state index in [1.807, 2.05) is 56.3 Å². The Morgan fingerprint density at radius 1 is 1.21 bits per heavy atom. The maximum absolute atomic E-state index is 13.4. The normalized spacial score (nSPS) is 15.6. The molecule has 0 fully saturated rings. The van der Waals surface area contributed by atoms with Crippen molar-refractivity contribution in [3.8, 4) is 5.75 Å². The third kappa shape index (κ3) is 4.90. The van der Waals surface area contributed by atoms with Crippen LogP contribution in [0.2, 0.25) is 5.02 Å². The summed E-state index contributed by atoms with van der Waals surface area (Å²) in [4.78, 5) is 19.0. The summed E-state index contributed by atoms with van der Waals surface area (Å²) in [5.41, 5.74) is 9.21. The second kappa shape index (κ2) is 10.5. The zero-order valence-corrected chi connectivity index (χ0v) is 20.2. The summed E-state index contributed by atoms with van der Waals surface area (Å²) in [5.74, 6) is 1.46. The molecule has 0 saturated carbocycles. The molecule has 2 heterocycles. The number of nitrogens with zero attached hydrogens (tertiary/aromatic N) is 1. The van der Waals surface area contributed by atoms with E-state index in [1.165, 1.54) is 0 Å². The van der Waals surface area contributed by atoms with Gasteiger partial charge in [0.2, 0.25) is 0 Å². The molecule has 0 saturated heterocycles. The molecule has 0 radical (unpaired) electrons. The van der Waals surface area contributed by atoms with Crippen LogP contribution >= 0.6 is 11.6 Å². The van der Waals surface area contributed by atoms with Crippen LogP contribution in [0.5, 0.6) is 5.75 Å². The van der Waals surface area contributed by atoms with E-state index < -0.39 is 0 Å². The third-order valence-electron chi connectivity index (χ3n) is 6.00. The van der Waals surface area contributed by atoms with Crippen molar-refractivity contribution in [3.63, 3.8) is 0 Å². The molecule has 1 aliphatic heterocycles. The molecule has 0 spiro atoms. The molecule has 1 aliphatic rings. The van der Waals surface area contributed by atoms with Gasteiger partial charge < -0.3 is 24.7 Å². The number of hydroxylamine groups is 2. The number of hydrogen-bond acceptors (Lipinski definition) is 7. The Morgan fingerprint density at radius 3 is 2.62 bits per heavy atom. The molecule has 0 amide bonds. The lowest BCUT2D eigenvalue weighted by Gasteiger charge is -2.18. The molecule has 180 valence electrons. The monoisotopic (exact) mass is 484 g/mol. The minimum absolute atomic E-state index is 0.00427. The van der Waals surface area contributed by atoms with Gasteiger partial charge in [0.05, 0.1) is 18.7 Å². The maximum Gasteiger partial charge on any atom is 0.274 e. The minimum Gasteiger partial charge on any atom is -0.496 e. The molecule has 8 nitrogen and oxygen atoms in total. The van der Waals surface area contributed by atoms with Gasteiger partial charge in [-0.3, -0.25) is 4.79 Å². The van der Waals surface area contributed by atoms with Crippen molar-refractivity contribution in [2.45, 2.75) is 32.9 Å². The van der Waals surface area contributed by atoms with Crippen LogP contribution < -0.4 is 26.6 Å². The van der Waals surface area contributed by atoms with Gasteiger partial charge >= 0.3 is 0 Å². The molecule has 9 heteroatoms. The fraction of sp³-hybridized carbons (Fsp3) is 0.320. The fourth-order valence-corrected chi connectivity index (χ4v) is 4.42. The molecule has 0 aliphatic carbocycles. The van der Waals surface area contributed by atoms with Crippen molar-refractivity contribution in [1.82, 2.24) is 15.5 Å². The van der Waals surface area contributed by atoms with Gasteiger partial charge in [-0.25, -0.2) is 5.48 Å². The Morgan fingerprint density at radius 2 is 1.97 bits per heavy atom. The standard InChI is InChI=1S/C25H29ClN4O4/c1-15-24(16(2)34-29-15)20-12-18-13-21(27-9-10-28-32)25(31)30(22(18)14-23(20)33-3)11-8-17-4-6-19(26)7-5-17/h4-7,12-15,27-29,32H,8-11H2,1-3H3. The van der Waals surface area contributed by atoms with Crippen molar-refractivity contribution in [3.05, 3.63) is 74.7 Å². The minimum atomic E-state index is -0.135. The summed E-state index contributed by atoms with van der Waals surface area (Å²) >= 11 is 6.02. The average Bonchev–Trinajstić information content (AvgIpc) is 3.17. The van der Waals surface area contributed by atoms with E-state index in [1.54, 1.807) is 11.7 Å². The highest BCUT2D eigenvalue weighted by Gasteiger charge is 2.26. The fourth-order valence-electron chi connectivity index (χ4n) is 4.30. The summed E-state index contributed by atoms with van der Waals surface area (Å²) in [6.07, 6.45) is 0.664. The van der Waals surface area contributed by atoms with Gasteiger partial charge in [0.15, 0.2) is 0 Å². The number of rotatable bonds is 9. The highest BCUT2D eigenvalue weighted by molar-refractivity contribution is 6.30. The lowest BCUT2D eigenvalue weighted by molar-refractivity contribution is 0.122. The molecule has 4 rings (SSSR count). The SMILES string of the molecule is COc1cc2c(cc1C1=C(C)ONC1C)cc(NCCNO)c(=O)n2CCc1ccc(Cl)cc1. The van der Waals surface area contributed by atoms with Crippen molar-refractivity contribution in [2.75, 3.05) is 25.5 Å². The van der Waals surface area contributed by atoms with Crippen LogP contribution in [-0.4, -0.2) is 36.0 Å². The number of ether oxygens (including phenoxy) is 1. The Bertz CT molecular complexity index is 1270. The van der Waals surface area contributed by atoms with E-state index in [-0.39, 0.29) is 11.6 Å². The second-order valence-electron chi connectivity index (χ2n) is 8.25. The van der Waals surface area contributed by atoms with Crippen LogP contribution in [0, 0.1) is 0 Å². The number of hydrogen-bond donors (Lipinski definition) is 4. The van der Waals surface area contributed by atoms with E-state index in [0.29, 0.717) is 42.5 Å². The Hall–Kier alpha value is -3.04. The number of methoxy groups -OCH3 is 1. The lowest BCUT2D eigenvalue weighted by Crippen LogP contribution is -2.27. The number of anilines is 1. The summed E-state index contributed by atoms with van der Waals surface area (Å²) < 4.78 is 7.51. The number of fused-ring (bicyclic) bond motifs is 1.